The summed E-state index contributed by atoms with van der Waals surface area (Å²) < 4.78 is 2.85. The minimum atomic E-state index is -0.0854. The number of carbonyl (C=O) groups excluding carboxylic acids is 1. The van der Waals surface area contributed by atoms with Crippen LogP contribution in [0, 0.1) is 6.92 Å². The fourth-order valence-corrected chi connectivity index (χ4v) is 3.91. The van der Waals surface area contributed by atoms with Crippen LogP contribution in [0.4, 0.5) is 5.82 Å². The number of rotatable bonds is 4. The van der Waals surface area contributed by atoms with Crippen LogP contribution in [-0.2, 0) is 12.8 Å². The lowest BCUT2D eigenvalue weighted by molar-refractivity contribution is 0.0981. The van der Waals surface area contributed by atoms with Gasteiger partial charge in [-0.1, -0.05) is 18.2 Å². The molecule has 0 unspecified atom stereocenters. The van der Waals surface area contributed by atoms with E-state index in [9.17, 15) is 4.79 Å². The van der Waals surface area contributed by atoms with E-state index in [4.69, 9.17) is 5.10 Å². The summed E-state index contributed by atoms with van der Waals surface area (Å²) in [5.41, 5.74) is 4.98. The first kappa shape index (κ1) is 17.9. The van der Waals surface area contributed by atoms with Crippen molar-refractivity contribution in [2.45, 2.75) is 33.1 Å². The zero-order chi connectivity index (χ0) is 19.0. The van der Waals surface area contributed by atoms with E-state index in [-0.39, 0.29) is 5.91 Å². The molecule has 138 valence electrons. The number of pyridine rings is 1. The summed E-state index contributed by atoms with van der Waals surface area (Å²) in [6, 6.07) is 11.9. The second-order valence-electron chi connectivity index (χ2n) is 6.71. The Balaban J connectivity index is 1.78. The lowest BCUT2D eigenvalue weighted by Crippen LogP contribution is -2.32. The van der Waals surface area contributed by atoms with Gasteiger partial charge in [0.05, 0.1) is 5.69 Å². The van der Waals surface area contributed by atoms with Crippen LogP contribution in [0.25, 0.3) is 5.69 Å². The first-order valence-corrected chi connectivity index (χ1v) is 9.99. The topological polar surface area (TPSA) is 51.0 Å². The fourth-order valence-electron chi connectivity index (χ4n) is 3.67. The quantitative estimate of drug-likeness (QED) is 0.619. The number of benzene rings is 1. The Bertz CT molecular complexity index is 994. The monoisotopic (exact) mass is 424 g/mol. The van der Waals surface area contributed by atoms with Gasteiger partial charge in [0.1, 0.15) is 5.82 Å². The largest absolute Gasteiger partial charge is 0.292 e. The van der Waals surface area contributed by atoms with E-state index in [0.717, 1.165) is 46.2 Å². The van der Waals surface area contributed by atoms with Crippen LogP contribution in [0.5, 0.6) is 0 Å². The molecule has 0 saturated carbocycles. The third-order valence-corrected chi connectivity index (χ3v) is 5.50. The van der Waals surface area contributed by atoms with Gasteiger partial charge < -0.3 is 0 Å². The van der Waals surface area contributed by atoms with Gasteiger partial charge in [0.2, 0.25) is 0 Å². The average molecular weight is 425 g/mol. The molecule has 0 atom stereocenters. The van der Waals surface area contributed by atoms with Crippen LogP contribution in [0.3, 0.4) is 0 Å². The molecule has 0 saturated heterocycles. The Kier molecular flexibility index (Phi) is 4.83. The summed E-state index contributed by atoms with van der Waals surface area (Å²) in [6.45, 7) is 4.57. The van der Waals surface area contributed by atoms with Crippen LogP contribution in [0.2, 0.25) is 0 Å². The van der Waals surface area contributed by atoms with Crippen LogP contribution >= 0.6 is 15.9 Å². The van der Waals surface area contributed by atoms with Gasteiger partial charge in [-0.2, -0.15) is 5.10 Å². The molecule has 4 rings (SSSR count). The Morgan fingerprint density at radius 3 is 2.74 bits per heavy atom. The summed E-state index contributed by atoms with van der Waals surface area (Å²) in [6.07, 6.45) is 4.61. The van der Waals surface area contributed by atoms with Crippen molar-refractivity contribution in [1.29, 1.82) is 0 Å². The molecule has 1 aliphatic carbocycles. The minimum Gasteiger partial charge on any atom is -0.292 e. The molecule has 27 heavy (non-hydrogen) atoms. The smallest absolute Gasteiger partial charge is 0.280 e. The van der Waals surface area contributed by atoms with Crippen molar-refractivity contribution in [2.75, 3.05) is 11.4 Å². The number of amides is 1. The summed E-state index contributed by atoms with van der Waals surface area (Å²) in [5.74, 6) is 0.556. The van der Waals surface area contributed by atoms with Gasteiger partial charge in [-0.3, -0.25) is 9.69 Å². The molecule has 2 aromatic heterocycles. The highest BCUT2D eigenvalue weighted by Gasteiger charge is 2.30. The maximum Gasteiger partial charge on any atom is 0.280 e. The normalized spacial score (nSPS) is 12.9. The Morgan fingerprint density at radius 2 is 2.04 bits per heavy atom. The van der Waals surface area contributed by atoms with Gasteiger partial charge in [-0.25, -0.2) is 9.67 Å². The number of aromatic nitrogens is 3. The molecule has 0 spiro atoms. The fraction of sp³-hybridized carbons (Fsp3) is 0.286. The Hall–Kier alpha value is -2.47. The van der Waals surface area contributed by atoms with Crippen molar-refractivity contribution in [2.24, 2.45) is 0 Å². The molecular weight excluding hydrogens is 404 g/mol. The third kappa shape index (κ3) is 3.18. The first-order valence-electron chi connectivity index (χ1n) is 9.20. The lowest BCUT2D eigenvalue weighted by Gasteiger charge is -2.19. The van der Waals surface area contributed by atoms with E-state index in [1.165, 1.54) is 0 Å². The van der Waals surface area contributed by atoms with Gasteiger partial charge in [0.25, 0.3) is 5.91 Å². The summed E-state index contributed by atoms with van der Waals surface area (Å²) in [5, 5.41) is 4.76. The maximum absolute atomic E-state index is 13.3. The van der Waals surface area contributed by atoms with Crippen molar-refractivity contribution in [3.05, 3.63) is 69.6 Å². The van der Waals surface area contributed by atoms with Gasteiger partial charge in [0.15, 0.2) is 5.69 Å². The number of hydrogen-bond donors (Lipinski definition) is 0. The van der Waals surface area contributed by atoms with E-state index in [2.05, 4.69) is 40.0 Å². The summed E-state index contributed by atoms with van der Waals surface area (Å²) in [4.78, 5) is 19.4. The highest BCUT2D eigenvalue weighted by molar-refractivity contribution is 9.10. The molecule has 0 radical (unpaired) electrons. The molecule has 1 amide bonds. The predicted octanol–water partition coefficient (Wildman–Crippen LogP) is 4.49. The van der Waals surface area contributed by atoms with Crippen LogP contribution in [0.1, 0.15) is 40.7 Å². The Labute approximate surface area is 167 Å². The van der Waals surface area contributed by atoms with Gasteiger partial charge in [-0.05, 0) is 72.8 Å². The van der Waals surface area contributed by atoms with E-state index in [1.54, 1.807) is 11.1 Å². The highest BCUT2D eigenvalue weighted by atomic mass is 79.9. The summed E-state index contributed by atoms with van der Waals surface area (Å²) >= 11 is 3.39. The van der Waals surface area contributed by atoms with E-state index < -0.39 is 0 Å². The van der Waals surface area contributed by atoms with E-state index >= 15 is 0 Å². The number of aryl methyl sites for hydroxylation is 1. The van der Waals surface area contributed by atoms with Gasteiger partial charge in [-0.15, -0.1) is 0 Å². The van der Waals surface area contributed by atoms with E-state index in [1.807, 2.05) is 35.9 Å². The zero-order valence-electron chi connectivity index (χ0n) is 15.4. The maximum atomic E-state index is 13.3. The second-order valence-corrected chi connectivity index (χ2v) is 7.63. The molecule has 5 nitrogen and oxygen atoms in total. The van der Waals surface area contributed by atoms with Gasteiger partial charge >= 0.3 is 0 Å². The molecule has 0 N–H and O–H groups in total. The number of anilines is 1. The standard InChI is InChI=1S/C21H21BrN4O/c1-3-25(19-12-11-15(22)13-23-19)21(27)20-16-8-6-10-18(16)26(24-20)17-9-5-4-7-14(17)2/h4-5,7,9,11-13H,3,6,8,10H2,1-2H3. The molecule has 1 aliphatic rings. The van der Waals surface area contributed by atoms with Crippen LogP contribution in [-0.4, -0.2) is 27.2 Å². The molecule has 2 heterocycles. The molecular formula is C21H21BrN4O. The number of nitrogens with zero attached hydrogens (tertiary/aromatic N) is 4. The van der Waals surface area contributed by atoms with Crippen molar-refractivity contribution in [3.63, 3.8) is 0 Å². The predicted molar refractivity (Wildman–Crippen MR) is 110 cm³/mol. The van der Waals surface area contributed by atoms with Crippen molar-refractivity contribution >= 4 is 27.7 Å². The molecule has 1 aromatic carbocycles. The molecule has 0 fully saturated rings. The molecule has 0 aliphatic heterocycles. The number of para-hydroxylation sites is 1. The van der Waals surface area contributed by atoms with Gasteiger partial charge in [0, 0.05) is 28.5 Å². The number of halogens is 1. The van der Waals surface area contributed by atoms with Crippen molar-refractivity contribution in [1.82, 2.24) is 14.8 Å². The average Bonchev–Trinajstić information content (AvgIpc) is 3.27. The third-order valence-electron chi connectivity index (χ3n) is 5.03. The lowest BCUT2D eigenvalue weighted by atomic mass is 10.1. The van der Waals surface area contributed by atoms with Crippen molar-refractivity contribution in [3.8, 4) is 5.69 Å². The number of carbonyl (C=O) groups is 1. The van der Waals surface area contributed by atoms with Crippen molar-refractivity contribution < 1.29 is 4.79 Å². The van der Waals surface area contributed by atoms with Crippen LogP contribution < -0.4 is 4.90 Å². The number of fused-ring (bicyclic) bond motifs is 1. The number of hydrogen-bond acceptors (Lipinski definition) is 3. The molecule has 3 aromatic rings. The second kappa shape index (κ2) is 7.27. The van der Waals surface area contributed by atoms with E-state index in [0.29, 0.717) is 18.1 Å². The molecule has 0 bridgehead atoms. The minimum absolute atomic E-state index is 0.0854. The summed E-state index contributed by atoms with van der Waals surface area (Å²) in [7, 11) is 0. The SMILES string of the molecule is CCN(C(=O)c1nn(-c2ccccc2C)c2c1CCC2)c1ccc(Br)cn1. The zero-order valence-corrected chi connectivity index (χ0v) is 17.0. The first-order chi connectivity index (χ1) is 13.1. The highest BCUT2D eigenvalue weighted by Crippen LogP contribution is 2.30. The molecule has 6 heteroatoms. The Morgan fingerprint density at radius 1 is 1.22 bits per heavy atom. The van der Waals surface area contributed by atoms with Crippen LogP contribution in [0.15, 0.2) is 47.1 Å².